The van der Waals surface area contributed by atoms with Crippen LogP contribution in [-0.4, -0.2) is 24.0 Å². The maximum atomic E-state index is 12.2. The molecule has 2 N–H and O–H groups in total. The average molecular weight is 316 g/mol. The highest BCUT2D eigenvalue weighted by Gasteiger charge is 2.22. The van der Waals surface area contributed by atoms with Crippen LogP contribution >= 0.6 is 23.7 Å². The predicted molar refractivity (Wildman–Crippen MR) is 84.8 cm³/mol. The second-order valence-corrected chi connectivity index (χ2v) is 6.55. The topological polar surface area (TPSA) is 54.0 Å². The smallest absolute Gasteiger partial charge is 0.229 e. The van der Waals surface area contributed by atoms with Gasteiger partial charge in [-0.3, -0.25) is 4.79 Å². The van der Waals surface area contributed by atoms with Crippen LogP contribution in [0.5, 0.6) is 0 Å². The Kier molecular flexibility index (Phi) is 5.81. The van der Waals surface area contributed by atoms with Gasteiger partial charge in [-0.25, -0.2) is 4.98 Å². The Morgan fingerprint density at radius 2 is 1.95 bits per heavy atom. The fourth-order valence-electron chi connectivity index (χ4n) is 2.87. The lowest BCUT2D eigenvalue weighted by Crippen LogP contribution is -2.34. The Bertz CT molecular complexity index is 434. The molecule has 112 valence electrons. The standard InChI is InChI=1S/C14H21N3OS.ClH/c18-13(10-6-8-15-9-7-10)17-14-16-11-4-2-1-3-5-12(11)19-14;/h10,15H,1-9H2,(H,16,17,18);1H. The molecule has 0 bridgehead atoms. The number of hydrogen-bond acceptors (Lipinski definition) is 4. The minimum Gasteiger partial charge on any atom is -0.317 e. The molecule has 1 saturated heterocycles. The zero-order valence-electron chi connectivity index (χ0n) is 11.6. The summed E-state index contributed by atoms with van der Waals surface area (Å²) in [7, 11) is 0. The number of rotatable bonds is 2. The molecule has 0 radical (unpaired) electrons. The second kappa shape index (κ2) is 7.38. The zero-order valence-corrected chi connectivity index (χ0v) is 13.2. The quantitative estimate of drug-likeness (QED) is 0.825. The largest absolute Gasteiger partial charge is 0.317 e. The summed E-state index contributed by atoms with van der Waals surface area (Å²) in [5.74, 6) is 0.315. The molecule has 20 heavy (non-hydrogen) atoms. The van der Waals surface area contributed by atoms with Crippen molar-refractivity contribution in [1.29, 1.82) is 0 Å². The number of fused-ring (bicyclic) bond motifs is 1. The monoisotopic (exact) mass is 315 g/mol. The Labute approximate surface area is 130 Å². The van der Waals surface area contributed by atoms with Gasteiger partial charge in [0.25, 0.3) is 0 Å². The Morgan fingerprint density at radius 1 is 1.20 bits per heavy atom. The summed E-state index contributed by atoms with van der Waals surface area (Å²) in [6, 6.07) is 0. The molecule has 0 atom stereocenters. The number of nitrogens with zero attached hydrogens (tertiary/aromatic N) is 1. The van der Waals surface area contributed by atoms with Gasteiger partial charge in [0.15, 0.2) is 5.13 Å². The number of halogens is 1. The van der Waals surface area contributed by atoms with Gasteiger partial charge >= 0.3 is 0 Å². The lowest BCUT2D eigenvalue weighted by Gasteiger charge is -2.21. The summed E-state index contributed by atoms with van der Waals surface area (Å²) in [5.41, 5.74) is 1.23. The number of thiazole rings is 1. The van der Waals surface area contributed by atoms with Crippen molar-refractivity contribution in [2.45, 2.75) is 44.9 Å². The highest BCUT2D eigenvalue weighted by Crippen LogP contribution is 2.29. The summed E-state index contributed by atoms with van der Waals surface area (Å²) in [6.45, 7) is 1.90. The third kappa shape index (κ3) is 3.71. The molecule has 1 amide bonds. The van der Waals surface area contributed by atoms with E-state index in [1.165, 1.54) is 29.8 Å². The van der Waals surface area contributed by atoms with E-state index in [-0.39, 0.29) is 24.2 Å². The molecule has 2 aliphatic rings. The Morgan fingerprint density at radius 3 is 2.75 bits per heavy atom. The van der Waals surface area contributed by atoms with Crippen molar-refractivity contribution in [2.24, 2.45) is 5.92 Å². The molecule has 6 heteroatoms. The molecule has 0 aromatic carbocycles. The number of aryl methyl sites for hydroxylation is 2. The molecular weight excluding hydrogens is 294 g/mol. The van der Waals surface area contributed by atoms with E-state index in [1.54, 1.807) is 11.3 Å². The first-order valence-corrected chi connectivity index (χ1v) is 8.15. The van der Waals surface area contributed by atoms with Crippen LogP contribution in [0.1, 0.15) is 42.7 Å². The molecule has 1 aromatic heterocycles. The Balaban J connectivity index is 0.00000147. The molecule has 1 aliphatic carbocycles. The van der Waals surface area contributed by atoms with E-state index >= 15 is 0 Å². The first-order valence-electron chi connectivity index (χ1n) is 7.33. The highest BCUT2D eigenvalue weighted by molar-refractivity contribution is 7.15. The van der Waals surface area contributed by atoms with Crippen LogP contribution in [-0.2, 0) is 17.6 Å². The first-order chi connectivity index (χ1) is 9.33. The van der Waals surface area contributed by atoms with Crippen molar-refractivity contribution in [3.63, 3.8) is 0 Å². The van der Waals surface area contributed by atoms with Crippen LogP contribution in [0.15, 0.2) is 0 Å². The van der Waals surface area contributed by atoms with Crippen LogP contribution in [0.3, 0.4) is 0 Å². The van der Waals surface area contributed by atoms with Gasteiger partial charge in [-0.05, 0) is 51.6 Å². The van der Waals surface area contributed by atoms with Crippen molar-refractivity contribution in [3.05, 3.63) is 10.6 Å². The summed E-state index contributed by atoms with van der Waals surface area (Å²) in [5, 5.41) is 7.13. The van der Waals surface area contributed by atoms with Crippen molar-refractivity contribution in [3.8, 4) is 0 Å². The van der Waals surface area contributed by atoms with Gasteiger partial charge in [-0.15, -0.1) is 23.7 Å². The first kappa shape index (κ1) is 15.7. The molecule has 2 heterocycles. The second-order valence-electron chi connectivity index (χ2n) is 5.46. The maximum Gasteiger partial charge on any atom is 0.229 e. The summed E-state index contributed by atoms with van der Waals surface area (Å²) < 4.78 is 0. The third-order valence-corrected chi connectivity index (χ3v) is 5.11. The van der Waals surface area contributed by atoms with Crippen LogP contribution < -0.4 is 10.6 Å². The number of hydrogen-bond donors (Lipinski definition) is 2. The van der Waals surface area contributed by atoms with E-state index in [0.717, 1.165) is 43.9 Å². The van der Waals surface area contributed by atoms with Gasteiger partial charge in [0.1, 0.15) is 0 Å². The van der Waals surface area contributed by atoms with Gasteiger partial charge in [-0.1, -0.05) is 6.42 Å². The van der Waals surface area contributed by atoms with E-state index in [0.29, 0.717) is 0 Å². The summed E-state index contributed by atoms with van der Waals surface area (Å²) in [6.07, 6.45) is 7.90. The molecule has 0 spiro atoms. The van der Waals surface area contributed by atoms with E-state index in [1.807, 2.05) is 0 Å². The van der Waals surface area contributed by atoms with E-state index in [2.05, 4.69) is 15.6 Å². The Hall–Kier alpha value is -0.650. The van der Waals surface area contributed by atoms with Crippen molar-refractivity contribution >= 4 is 34.8 Å². The molecule has 0 saturated carbocycles. The van der Waals surface area contributed by atoms with E-state index in [4.69, 9.17) is 0 Å². The molecule has 1 aliphatic heterocycles. The molecular formula is C14H22ClN3OS. The molecule has 3 rings (SSSR count). The normalized spacial score (nSPS) is 19.6. The fraction of sp³-hybridized carbons (Fsp3) is 0.714. The van der Waals surface area contributed by atoms with Crippen LogP contribution in [0.4, 0.5) is 5.13 Å². The number of amides is 1. The lowest BCUT2D eigenvalue weighted by molar-refractivity contribution is -0.120. The maximum absolute atomic E-state index is 12.2. The number of anilines is 1. The van der Waals surface area contributed by atoms with Gasteiger partial charge in [0, 0.05) is 10.8 Å². The van der Waals surface area contributed by atoms with E-state index in [9.17, 15) is 4.79 Å². The fourth-order valence-corrected chi connectivity index (χ4v) is 3.93. The van der Waals surface area contributed by atoms with Crippen LogP contribution in [0.25, 0.3) is 0 Å². The third-order valence-electron chi connectivity index (χ3n) is 4.04. The van der Waals surface area contributed by atoms with Crippen LogP contribution in [0, 0.1) is 5.92 Å². The number of piperidine rings is 1. The van der Waals surface area contributed by atoms with Crippen molar-refractivity contribution < 1.29 is 4.79 Å². The minimum atomic E-state index is 0. The predicted octanol–water partition coefficient (Wildman–Crippen LogP) is 2.77. The number of carbonyl (C=O) groups is 1. The SMILES string of the molecule is Cl.O=C(Nc1nc2c(s1)CCCCC2)C1CCNCC1. The molecule has 0 unspecified atom stereocenters. The average Bonchev–Trinajstić information content (AvgIpc) is 2.69. The molecule has 4 nitrogen and oxygen atoms in total. The summed E-state index contributed by atoms with van der Waals surface area (Å²) >= 11 is 1.68. The molecule has 1 fully saturated rings. The highest BCUT2D eigenvalue weighted by atomic mass is 35.5. The van der Waals surface area contributed by atoms with Gasteiger partial charge < -0.3 is 10.6 Å². The van der Waals surface area contributed by atoms with Crippen LogP contribution in [0.2, 0.25) is 0 Å². The van der Waals surface area contributed by atoms with Gasteiger partial charge in [-0.2, -0.15) is 0 Å². The lowest BCUT2D eigenvalue weighted by atomic mass is 9.97. The van der Waals surface area contributed by atoms with E-state index < -0.39 is 0 Å². The molecule has 1 aromatic rings. The van der Waals surface area contributed by atoms with Gasteiger partial charge in [0.2, 0.25) is 5.91 Å². The van der Waals surface area contributed by atoms with Crippen molar-refractivity contribution in [1.82, 2.24) is 10.3 Å². The minimum absolute atomic E-state index is 0. The summed E-state index contributed by atoms with van der Waals surface area (Å²) in [4.78, 5) is 18.2. The number of nitrogens with one attached hydrogen (secondary N) is 2. The number of aromatic nitrogens is 1. The van der Waals surface area contributed by atoms with Gasteiger partial charge in [0.05, 0.1) is 5.69 Å². The zero-order chi connectivity index (χ0) is 13.1. The van der Waals surface area contributed by atoms with Crippen molar-refractivity contribution in [2.75, 3.05) is 18.4 Å². The number of carbonyl (C=O) groups excluding carboxylic acids is 1.